The SMILES string of the molecule is CCCNc1cncc(C(=O)Nc2ncc(Br)s2)n1. The smallest absolute Gasteiger partial charge is 0.277 e. The molecule has 100 valence electrons. The summed E-state index contributed by atoms with van der Waals surface area (Å²) in [5.41, 5.74) is 0.257. The van der Waals surface area contributed by atoms with E-state index < -0.39 is 0 Å². The molecule has 2 aromatic heterocycles. The summed E-state index contributed by atoms with van der Waals surface area (Å²) in [7, 11) is 0. The van der Waals surface area contributed by atoms with Gasteiger partial charge >= 0.3 is 0 Å². The van der Waals surface area contributed by atoms with Crippen molar-refractivity contribution in [3.05, 3.63) is 28.1 Å². The zero-order valence-electron chi connectivity index (χ0n) is 10.2. The van der Waals surface area contributed by atoms with E-state index >= 15 is 0 Å². The first kappa shape index (κ1) is 13.9. The minimum atomic E-state index is -0.325. The normalized spacial score (nSPS) is 10.2. The molecule has 0 saturated carbocycles. The summed E-state index contributed by atoms with van der Waals surface area (Å²) >= 11 is 4.62. The summed E-state index contributed by atoms with van der Waals surface area (Å²) in [6.45, 7) is 2.84. The highest BCUT2D eigenvalue weighted by atomic mass is 79.9. The van der Waals surface area contributed by atoms with Gasteiger partial charge in [0.2, 0.25) is 0 Å². The van der Waals surface area contributed by atoms with Crippen LogP contribution in [0, 0.1) is 0 Å². The van der Waals surface area contributed by atoms with Crippen molar-refractivity contribution in [2.75, 3.05) is 17.2 Å². The molecule has 0 unspecified atom stereocenters. The third kappa shape index (κ3) is 3.97. The second-order valence-corrected chi connectivity index (χ2v) is 6.05. The van der Waals surface area contributed by atoms with E-state index in [4.69, 9.17) is 0 Å². The van der Waals surface area contributed by atoms with Crippen LogP contribution >= 0.6 is 27.3 Å². The molecule has 1 amide bonds. The maximum atomic E-state index is 12.0. The highest BCUT2D eigenvalue weighted by Crippen LogP contribution is 2.23. The van der Waals surface area contributed by atoms with Crippen LogP contribution in [0.1, 0.15) is 23.8 Å². The Labute approximate surface area is 122 Å². The number of anilines is 2. The third-order valence-electron chi connectivity index (χ3n) is 2.12. The van der Waals surface area contributed by atoms with Gasteiger partial charge in [-0.05, 0) is 22.4 Å². The van der Waals surface area contributed by atoms with Crippen LogP contribution in [-0.4, -0.2) is 27.4 Å². The lowest BCUT2D eigenvalue weighted by Gasteiger charge is -2.05. The molecule has 2 heterocycles. The minimum Gasteiger partial charge on any atom is -0.369 e. The predicted octanol–water partition coefficient (Wildman–Crippen LogP) is 2.77. The summed E-state index contributed by atoms with van der Waals surface area (Å²) in [4.78, 5) is 24.2. The van der Waals surface area contributed by atoms with Crippen molar-refractivity contribution in [3.8, 4) is 0 Å². The van der Waals surface area contributed by atoms with Crippen molar-refractivity contribution in [2.45, 2.75) is 13.3 Å². The molecule has 0 aliphatic rings. The first-order valence-corrected chi connectivity index (χ1v) is 7.28. The van der Waals surface area contributed by atoms with Gasteiger partial charge in [-0.3, -0.25) is 15.1 Å². The first-order chi connectivity index (χ1) is 9.19. The van der Waals surface area contributed by atoms with Crippen molar-refractivity contribution in [3.63, 3.8) is 0 Å². The van der Waals surface area contributed by atoms with Gasteiger partial charge in [-0.2, -0.15) is 0 Å². The van der Waals surface area contributed by atoms with Crippen molar-refractivity contribution in [1.82, 2.24) is 15.0 Å². The Morgan fingerprint density at radius 2 is 2.26 bits per heavy atom. The zero-order chi connectivity index (χ0) is 13.7. The molecule has 0 atom stereocenters. The number of nitrogens with one attached hydrogen (secondary N) is 2. The average molecular weight is 342 g/mol. The Hall–Kier alpha value is -1.54. The van der Waals surface area contributed by atoms with E-state index in [0.29, 0.717) is 10.9 Å². The summed E-state index contributed by atoms with van der Waals surface area (Å²) < 4.78 is 0.854. The highest BCUT2D eigenvalue weighted by molar-refractivity contribution is 9.11. The van der Waals surface area contributed by atoms with Crippen molar-refractivity contribution >= 4 is 44.1 Å². The van der Waals surface area contributed by atoms with Crippen molar-refractivity contribution < 1.29 is 4.79 Å². The molecule has 0 aliphatic carbocycles. The van der Waals surface area contributed by atoms with Gasteiger partial charge in [0, 0.05) is 6.54 Å². The average Bonchev–Trinajstić information content (AvgIpc) is 2.82. The van der Waals surface area contributed by atoms with Crippen molar-refractivity contribution in [1.29, 1.82) is 0 Å². The topological polar surface area (TPSA) is 79.8 Å². The fourth-order valence-corrected chi connectivity index (χ4v) is 2.39. The van der Waals surface area contributed by atoms with Gasteiger partial charge in [0.15, 0.2) is 5.13 Å². The van der Waals surface area contributed by atoms with Crippen LogP contribution in [0.2, 0.25) is 0 Å². The second kappa shape index (κ2) is 6.58. The molecule has 6 nitrogen and oxygen atoms in total. The van der Waals surface area contributed by atoms with Crippen LogP contribution in [0.5, 0.6) is 0 Å². The number of hydrogen-bond donors (Lipinski definition) is 2. The largest absolute Gasteiger partial charge is 0.369 e. The van der Waals surface area contributed by atoms with Gasteiger partial charge in [0.1, 0.15) is 11.5 Å². The van der Waals surface area contributed by atoms with E-state index in [2.05, 4.69) is 48.4 Å². The van der Waals surface area contributed by atoms with Gasteiger partial charge < -0.3 is 5.32 Å². The molecule has 0 aromatic carbocycles. The number of thiazole rings is 1. The molecule has 2 rings (SSSR count). The molecule has 19 heavy (non-hydrogen) atoms. The van der Waals surface area contributed by atoms with Gasteiger partial charge in [-0.1, -0.05) is 18.3 Å². The molecule has 2 aromatic rings. The number of aromatic nitrogens is 3. The summed E-state index contributed by atoms with van der Waals surface area (Å²) in [6, 6.07) is 0. The third-order valence-corrected chi connectivity index (χ3v) is 3.51. The Morgan fingerprint density at radius 3 is 2.95 bits per heavy atom. The van der Waals surface area contributed by atoms with E-state index in [1.54, 1.807) is 12.4 Å². The molecule has 8 heteroatoms. The maximum Gasteiger partial charge on any atom is 0.277 e. The van der Waals surface area contributed by atoms with Crippen LogP contribution in [0.15, 0.2) is 22.4 Å². The quantitative estimate of drug-likeness (QED) is 0.873. The number of nitrogens with zero attached hydrogens (tertiary/aromatic N) is 3. The lowest BCUT2D eigenvalue weighted by molar-refractivity contribution is 0.102. The van der Waals surface area contributed by atoms with E-state index in [1.165, 1.54) is 17.5 Å². The molecular weight excluding hydrogens is 330 g/mol. The Kier molecular flexibility index (Phi) is 4.80. The summed E-state index contributed by atoms with van der Waals surface area (Å²) in [5, 5.41) is 6.27. The molecule has 0 radical (unpaired) electrons. The monoisotopic (exact) mass is 341 g/mol. The van der Waals surface area contributed by atoms with E-state index in [9.17, 15) is 4.79 Å². The second-order valence-electron chi connectivity index (χ2n) is 3.64. The number of carbonyl (C=O) groups is 1. The van der Waals surface area contributed by atoms with E-state index in [0.717, 1.165) is 16.8 Å². The number of amides is 1. The zero-order valence-corrected chi connectivity index (χ0v) is 12.6. The predicted molar refractivity (Wildman–Crippen MR) is 78.6 cm³/mol. The summed E-state index contributed by atoms with van der Waals surface area (Å²) in [6.07, 6.45) is 5.62. The molecule has 0 spiro atoms. The molecule has 0 saturated heterocycles. The fourth-order valence-electron chi connectivity index (χ4n) is 1.29. The van der Waals surface area contributed by atoms with Crippen LogP contribution < -0.4 is 10.6 Å². The Morgan fingerprint density at radius 1 is 1.42 bits per heavy atom. The first-order valence-electron chi connectivity index (χ1n) is 5.67. The number of hydrogen-bond acceptors (Lipinski definition) is 6. The van der Waals surface area contributed by atoms with E-state index in [-0.39, 0.29) is 11.6 Å². The van der Waals surface area contributed by atoms with Crippen LogP contribution in [0.4, 0.5) is 10.9 Å². The molecule has 0 fully saturated rings. The lowest BCUT2D eigenvalue weighted by Crippen LogP contribution is -2.15. The van der Waals surface area contributed by atoms with Gasteiger partial charge in [-0.25, -0.2) is 9.97 Å². The van der Waals surface area contributed by atoms with Gasteiger partial charge in [0.25, 0.3) is 5.91 Å². The van der Waals surface area contributed by atoms with Crippen LogP contribution in [0.25, 0.3) is 0 Å². The molecular formula is C11H12BrN5OS. The maximum absolute atomic E-state index is 12.0. The minimum absolute atomic E-state index is 0.257. The highest BCUT2D eigenvalue weighted by Gasteiger charge is 2.11. The fraction of sp³-hybridized carbons (Fsp3) is 0.273. The molecule has 0 aliphatic heterocycles. The molecule has 2 N–H and O–H groups in total. The Balaban J connectivity index is 2.06. The summed E-state index contributed by atoms with van der Waals surface area (Å²) in [5.74, 6) is 0.268. The molecule has 0 bridgehead atoms. The number of carbonyl (C=O) groups excluding carboxylic acids is 1. The standard InChI is InChI=1S/C11H12BrN5OS/c1-2-3-14-9-6-13-4-7(16-9)10(18)17-11-15-5-8(12)19-11/h4-6H,2-3H2,1H3,(H,14,16)(H,15,17,18). The van der Waals surface area contributed by atoms with Gasteiger partial charge in [0.05, 0.1) is 22.4 Å². The van der Waals surface area contributed by atoms with E-state index in [1.807, 2.05) is 0 Å². The number of rotatable bonds is 5. The van der Waals surface area contributed by atoms with Crippen molar-refractivity contribution in [2.24, 2.45) is 0 Å². The van der Waals surface area contributed by atoms with Gasteiger partial charge in [-0.15, -0.1) is 0 Å². The number of halogens is 1. The van der Waals surface area contributed by atoms with Crippen LogP contribution in [-0.2, 0) is 0 Å². The van der Waals surface area contributed by atoms with Crippen LogP contribution in [0.3, 0.4) is 0 Å². The Bertz CT molecular complexity index is 574. The lowest BCUT2D eigenvalue weighted by atomic mass is 10.4.